The predicted octanol–water partition coefficient (Wildman–Crippen LogP) is 7.27. The van der Waals surface area contributed by atoms with E-state index in [9.17, 15) is 0 Å². The predicted molar refractivity (Wildman–Crippen MR) is 129 cm³/mol. The van der Waals surface area contributed by atoms with E-state index in [1.54, 1.807) is 0 Å². The number of piperidine rings is 1. The number of nitrogens with zero attached hydrogens (tertiary/aromatic N) is 2. The summed E-state index contributed by atoms with van der Waals surface area (Å²) in [6, 6.07) is 21.9. The Morgan fingerprint density at radius 1 is 0.871 bits per heavy atom. The van der Waals surface area contributed by atoms with Crippen LogP contribution in [0.2, 0.25) is 10.0 Å². The van der Waals surface area contributed by atoms with Gasteiger partial charge in [-0.3, -0.25) is 9.88 Å². The van der Waals surface area contributed by atoms with Gasteiger partial charge in [0, 0.05) is 34.0 Å². The van der Waals surface area contributed by atoms with Crippen LogP contribution in [0.5, 0.6) is 0 Å². The molecular weight excluding hydrogens is 423 g/mol. The van der Waals surface area contributed by atoms with Gasteiger partial charge in [-0.05, 0) is 79.8 Å². The number of fused-ring (bicyclic) bond motifs is 2. The van der Waals surface area contributed by atoms with Crippen LogP contribution in [0, 0.1) is 12.8 Å². The van der Waals surface area contributed by atoms with Crippen molar-refractivity contribution in [1.82, 2.24) is 9.88 Å². The molecule has 0 amide bonds. The Labute approximate surface area is 195 Å². The summed E-state index contributed by atoms with van der Waals surface area (Å²) in [5.74, 6) is 0.597. The molecule has 2 aromatic carbocycles. The van der Waals surface area contributed by atoms with Crippen molar-refractivity contribution in [2.45, 2.75) is 57.2 Å². The number of rotatable bonds is 5. The van der Waals surface area contributed by atoms with Crippen LogP contribution in [0.3, 0.4) is 0 Å². The van der Waals surface area contributed by atoms with Gasteiger partial charge in [0.25, 0.3) is 0 Å². The molecule has 4 heteroatoms. The summed E-state index contributed by atoms with van der Waals surface area (Å²) >= 11 is 13.5. The van der Waals surface area contributed by atoms with Crippen LogP contribution >= 0.6 is 23.2 Å². The molecule has 3 atom stereocenters. The molecule has 3 unspecified atom stereocenters. The lowest BCUT2D eigenvalue weighted by Gasteiger charge is -2.45. The van der Waals surface area contributed by atoms with Crippen LogP contribution in [0.1, 0.15) is 54.1 Å². The average molecular weight is 451 g/mol. The first-order chi connectivity index (χ1) is 15.1. The standard InChI is InChI=1S/C27H28Cl2N2/c1-18-7-6-16-30-25(18)17-19-12-13-20-14-15-26(19)31(20)27(21-8-2-4-10-23(21)28)22-9-3-5-11-24(22)29/h2-11,16,19-20,26-27H,12-15,17H2,1H3. The SMILES string of the molecule is Cc1cccnc1CC1CCC2CCC1N2C(c1ccccc1Cl)c1ccccc1Cl. The van der Waals surface area contributed by atoms with Crippen molar-refractivity contribution in [3.8, 4) is 0 Å². The molecular formula is C27H28Cl2N2. The van der Waals surface area contributed by atoms with Crippen LogP contribution in [0.4, 0.5) is 0 Å². The Kier molecular flexibility index (Phi) is 6.05. The Morgan fingerprint density at radius 3 is 2.16 bits per heavy atom. The third kappa shape index (κ3) is 4.02. The summed E-state index contributed by atoms with van der Waals surface area (Å²) in [5.41, 5.74) is 4.85. The van der Waals surface area contributed by atoms with Crippen molar-refractivity contribution in [2.24, 2.45) is 5.92 Å². The summed E-state index contributed by atoms with van der Waals surface area (Å²) < 4.78 is 0. The van der Waals surface area contributed by atoms with Crippen LogP contribution in [0.25, 0.3) is 0 Å². The monoisotopic (exact) mass is 450 g/mol. The van der Waals surface area contributed by atoms with Gasteiger partial charge in [-0.1, -0.05) is 65.7 Å². The van der Waals surface area contributed by atoms with Gasteiger partial charge in [0.2, 0.25) is 0 Å². The van der Waals surface area contributed by atoms with E-state index in [1.165, 1.54) is 36.9 Å². The number of pyridine rings is 1. The van der Waals surface area contributed by atoms with Crippen LogP contribution in [0.15, 0.2) is 66.9 Å². The molecule has 0 N–H and O–H groups in total. The number of hydrogen-bond acceptors (Lipinski definition) is 2. The number of aryl methyl sites for hydroxylation is 1. The van der Waals surface area contributed by atoms with E-state index >= 15 is 0 Å². The number of halogens is 2. The molecule has 3 aromatic rings. The molecule has 31 heavy (non-hydrogen) atoms. The summed E-state index contributed by atoms with van der Waals surface area (Å²) in [6.07, 6.45) is 7.92. The van der Waals surface area contributed by atoms with Gasteiger partial charge in [-0.15, -0.1) is 0 Å². The number of benzene rings is 2. The first kappa shape index (κ1) is 21.0. The van der Waals surface area contributed by atoms with Gasteiger partial charge in [0.15, 0.2) is 0 Å². The topological polar surface area (TPSA) is 16.1 Å². The first-order valence-corrected chi connectivity index (χ1v) is 12.1. The molecule has 2 nitrogen and oxygen atoms in total. The Morgan fingerprint density at radius 2 is 1.52 bits per heavy atom. The van der Waals surface area contributed by atoms with E-state index in [0.717, 1.165) is 27.6 Å². The molecule has 160 valence electrons. The van der Waals surface area contributed by atoms with Crippen LogP contribution < -0.4 is 0 Å². The fraction of sp³-hybridized carbons (Fsp3) is 0.370. The van der Waals surface area contributed by atoms with E-state index in [-0.39, 0.29) is 6.04 Å². The highest BCUT2D eigenvalue weighted by molar-refractivity contribution is 6.32. The maximum Gasteiger partial charge on any atom is 0.0636 e. The van der Waals surface area contributed by atoms with Gasteiger partial charge >= 0.3 is 0 Å². The highest BCUT2D eigenvalue weighted by Gasteiger charge is 2.46. The van der Waals surface area contributed by atoms with Gasteiger partial charge in [0.05, 0.1) is 6.04 Å². The van der Waals surface area contributed by atoms with Crippen molar-refractivity contribution >= 4 is 23.2 Å². The lowest BCUT2D eigenvalue weighted by atomic mass is 9.83. The largest absolute Gasteiger partial charge is 0.286 e. The average Bonchev–Trinajstić information content (AvgIpc) is 3.07. The summed E-state index contributed by atoms with van der Waals surface area (Å²) in [5, 5.41) is 1.63. The minimum absolute atomic E-state index is 0.0764. The quantitative estimate of drug-likeness (QED) is 0.406. The Balaban J connectivity index is 1.55. The number of hydrogen-bond donors (Lipinski definition) is 0. The molecule has 0 radical (unpaired) electrons. The second-order valence-corrected chi connectivity index (χ2v) is 9.81. The Hall–Kier alpha value is -1.87. The second-order valence-electron chi connectivity index (χ2n) is 9.00. The van der Waals surface area contributed by atoms with Gasteiger partial charge in [0.1, 0.15) is 0 Å². The van der Waals surface area contributed by atoms with E-state index in [4.69, 9.17) is 28.2 Å². The highest BCUT2D eigenvalue weighted by Crippen LogP contribution is 2.49. The Bertz CT molecular complexity index is 1020. The molecule has 1 aromatic heterocycles. The smallest absolute Gasteiger partial charge is 0.0636 e. The van der Waals surface area contributed by atoms with E-state index < -0.39 is 0 Å². The molecule has 2 aliphatic heterocycles. The third-order valence-electron chi connectivity index (χ3n) is 7.29. The molecule has 0 aliphatic carbocycles. The lowest BCUT2D eigenvalue weighted by molar-refractivity contribution is 0.0617. The summed E-state index contributed by atoms with van der Waals surface area (Å²) in [7, 11) is 0. The van der Waals surface area contributed by atoms with Crippen LogP contribution in [-0.2, 0) is 6.42 Å². The van der Waals surface area contributed by atoms with E-state index in [1.807, 2.05) is 36.5 Å². The van der Waals surface area contributed by atoms with Crippen molar-refractivity contribution in [1.29, 1.82) is 0 Å². The molecule has 5 rings (SSSR count). The zero-order valence-corrected chi connectivity index (χ0v) is 19.4. The number of aromatic nitrogens is 1. The fourth-order valence-electron chi connectivity index (χ4n) is 5.81. The summed E-state index contributed by atoms with van der Waals surface area (Å²) in [4.78, 5) is 7.45. The molecule has 2 bridgehead atoms. The normalized spacial score (nSPS) is 23.4. The first-order valence-electron chi connectivity index (χ1n) is 11.3. The van der Waals surface area contributed by atoms with Gasteiger partial charge < -0.3 is 0 Å². The van der Waals surface area contributed by atoms with Crippen molar-refractivity contribution in [3.05, 3.63) is 99.3 Å². The van der Waals surface area contributed by atoms with E-state index in [0.29, 0.717) is 18.0 Å². The maximum atomic E-state index is 6.76. The maximum absolute atomic E-state index is 6.76. The summed E-state index contributed by atoms with van der Waals surface area (Å²) in [6.45, 7) is 2.18. The molecule has 2 fully saturated rings. The molecule has 0 spiro atoms. The molecule has 0 saturated carbocycles. The highest BCUT2D eigenvalue weighted by atomic mass is 35.5. The molecule has 3 heterocycles. The van der Waals surface area contributed by atoms with Crippen molar-refractivity contribution in [2.75, 3.05) is 0 Å². The fourth-order valence-corrected chi connectivity index (χ4v) is 6.28. The third-order valence-corrected chi connectivity index (χ3v) is 7.97. The minimum atomic E-state index is 0.0764. The van der Waals surface area contributed by atoms with Crippen LogP contribution in [-0.4, -0.2) is 22.0 Å². The van der Waals surface area contributed by atoms with Crippen molar-refractivity contribution in [3.63, 3.8) is 0 Å². The lowest BCUT2D eigenvalue weighted by Crippen LogP contribution is -2.47. The zero-order valence-electron chi connectivity index (χ0n) is 17.8. The van der Waals surface area contributed by atoms with Gasteiger partial charge in [-0.2, -0.15) is 0 Å². The molecule has 2 saturated heterocycles. The minimum Gasteiger partial charge on any atom is -0.286 e. The second kappa shape index (κ2) is 8.94. The van der Waals surface area contributed by atoms with Crippen molar-refractivity contribution < 1.29 is 0 Å². The zero-order chi connectivity index (χ0) is 21.4. The molecule has 2 aliphatic rings. The van der Waals surface area contributed by atoms with Gasteiger partial charge in [-0.25, -0.2) is 0 Å². The van der Waals surface area contributed by atoms with E-state index in [2.05, 4.69) is 42.2 Å².